The number of hydrogen-bond donors (Lipinski definition) is 2. The molecule has 0 aliphatic heterocycles. The number of aryl methyl sites for hydroxylation is 1. The lowest BCUT2D eigenvalue weighted by molar-refractivity contribution is -0.384. The van der Waals surface area contributed by atoms with Crippen LogP contribution in [-0.2, 0) is 0 Å². The summed E-state index contributed by atoms with van der Waals surface area (Å²) in [5, 5.41) is 23.0. The number of aromatic nitrogens is 1. The highest BCUT2D eigenvalue weighted by molar-refractivity contribution is 7.98. The van der Waals surface area contributed by atoms with Gasteiger partial charge >= 0.3 is 5.69 Å². The van der Waals surface area contributed by atoms with E-state index in [0.717, 1.165) is 5.75 Å². The van der Waals surface area contributed by atoms with Gasteiger partial charge in [-0.05, 0) is 25.7 Å². The van der Waals surface area contributed by atoms with E-state index in [1.165, 1.54) is 0 Å². The van der Waals surface area contributed by atoms with Crippen molar-refractivity contribution in [2.75, 3.05) is 23.9 Å². The number of anilines is 1. The first kappa shape index (κ1) is 14.7. The Hall–Kier alpha value is -1.34. The van der Waals surface area contributed by atoms with Crippen molar-refractivity contribution in [2.24, 2.45) is 0 Å². The molecule has 1 atom stereocenters. The molecule has 6 nitrogen and oxygen atoms in total. The number of aliphatic hydroxyl groups excluding tert-OH is 1. The molecule has 0 saturated heterocycles. The Labute approximate surface area is 110 Å². The Morgan fingerprint density at radius 1 is 1.67 bits per heavy atom. The smallest absolute Gasteiger partial charge is 0.314 e. The molecular weight excluding hydrogens is 254 g/mol. The van der Waals surface area contributed by atoms with Gasteiger partial charge in [0.05, 0.1) is 4.92 Å². The van der Waals surface area contributed by atoms with Crippen LogP contribution < -0.4 is 5.32 Å². The average molecular weight is 271 g/mol. The maximum Gasteiger partial charge on any atom is 0.314 e. The van der Waals surface area contributed by atoms with Crippen molar-refractivity contribution in [3.8, 4) is 0 Å². The van der Waals surface area contributed by atoms with Gasteiger partial charge in [-0.25, -0.2) is 4.98 Å². The first-order valence-electron chi connectivity index (χ1n) is 5.56. The van der Waals surface area contributed by atoms with Gasteiger partial charge in [0.25, 0.3) is 0 Å². The third-order valence-electron chi connectivity index (χ3n) is 2.49. The molecule has 1 rings (SSSR count). The molecule has 0 fully saturated rings. The van der Waals surface area contributed by atoms with E-state index in [4.69, 9.17) is 5.11 Å². The van der Waals surface area contributed by atoms with Gasteiger partial charge in [0.1, 0.15) is 0 Å². The fourth-order valence-electron chi connectivity index (χ4n) is 1.63. The summed E-state index contributed by atoms with van der Waals surface area (Å²) < 4.78 is 0. The molecule has 1 heterocycles. The highest BCUT2D eigenvalue weighted by Gasteiger charge is 2.20. The fourth-order valence-corrected chi connectivity index (χ4v) is 2.29. The van der Waals surface area contributed by atoms with E-state index >= 15 is 0 Å². The lowest BCUT2D eigenvalue weighted by Gasteiger charge is -2.17. The molecule has 100 valence electrons. The van der Waals surface area contributed by atoms with Crippen LogP contribution in [0.2, 0.25) is 0 Å². The Balaban J connectivity index is 2.94. The van der Waals surface area contributed by atoms with Crippen molar-refractivity contribution >= 4 is 23.3 Å². The van der Waals surface area contributed by atoms with Crippen molar-refractivity contribution < 1.29 is 10.0 Å². The average Bonchev–Trinajstić information content (AvgIpc) is 2.29. The molecule has 18 heavy (non-hydrogen) atoms. The van der Waals surface area contributed by atoms with Crippen LogP contribution in [0.4, 0.5) is 11.5 Å². The van der Waals surface area contributed by atoms with E-state index < -0.39 is 4.92 Å². The van der Waals surface area contributed by atoms with E-state index in [0.29, 0.717) is 12.0 Å². The fraction of sp³-hybridized carbons (Fsp3) is 0.545. The van der Waals surface area contributed by atoms with Crippen LogP contribution in [0.1, 0.15) is 12.0 Å². The standard InChI is InChI=1S/C11H17N3O3S/c1-8-3-5-12-11(10(8)14(16)17)13-9(4-6-15)7-18-2/h3,5,9,15H,4,6-7H2,1-2H3,(H,12,13)/t9-/m0/s1. The van der Waals surface area contributed by atoms with E-state index in [-0.39, 0.29) is 24.2 Å². The monoisotopic (exact) mass is 271 g/mol. The minimum Gasteiger partial charge on any atom is -0.396 e. The summed E-state index contributed by atoms with van der Waals surface area (Å²) in [4.78, 5) is 14.6. The molecule has 0 radical (unpaired) electrons. The van der Waals surface area contributed by atoms with Crippen LogP contribution in [0.5, 0.6) is 0 Å². The minimum atomic E-state index is -0.431. The minimum absolute atomic E-state index is 0.00143. The quantitative estimate of drug-likeness (QED) is 0.581. The summed E-state index contributed by atoms with van der Waals surface area (Å²) in [6, 6.07) is 1.58. The summed E-state index contributed by atoms with van der Waals surface area (Å²) in [5.74, 6) is 1.03. The predicted octanol–water partition coefficient (Wildman–Crippen LogP) is 1.82. The molecule has 0 unspecified atom stereocenters. The Morgan fingerprint density at radius 3 is 2.94 bits per heavy atom. The molecule has 7 heteroatoms. The summed E-state index contributed by atoms with van der Waals surface area (Å²) in [5.41, 5.74) is 0.575. The lowest BCUT2D eigenvalue weighted by atomic mass is 10.2. The van der Waals surface area contributed by atoms with Crippen molar-refractivity contribution in [2.45, 2.75) is 19.4 Å². The van der Waals surface area contributed by atoms with Gasteiger partial charge in [-0.3, -0.25) is 10.1 Å². The zero-order chi connectivity index (χ0) is 13.5. The van der Waals surface area contributed by atoms with Crippen molar-refractivity contribution in [3.63, 3.8) is 0 Å². The maximum absolute atomic E-state index is 11.0. The van der Waals surface area contributed by atoms with E-state index in [2.05, 4.69) is 10.3 Å². The number of hydrogen-bond acceptors (Lipinski definition) is 6. The van der Waals surface area contributed by atoms with Crippen LogP contribution in [0.25, 0.3) is 0 Å². The van der Waals surface area contributed by atoms with Crippen LogP contribution >= 0.6 is 11.8 Å². The van der Waals surface area contributed by atoms with E-state index in [1.54, 1.807) is 30.9 Å². The van der Waals surface area contributed by atoms with E-state index in [9.17, 15) is 10.1 Å². The summed E-state index contributed by atoms with van der Waals surface area (Å²) in [7, 11) is 0. The zero-order valence-corrected chi connectivity index (χ0v) is 11.2. The second-order valence-corrected chi connectivity index (χ2v) is 4.80. The van der Waals surface area contributed by atoms with Crippen LogP contribution in [0.3, 0.4) is 0 Å². The highest BCUT2D eigenvalue weighted by Crippen LogP contribution is 2.26. The van der Waals surface area contributed by atoms with Gasteiger partial charge in [0, 0.05) is 30.2 Å². The Kier molecular flexibility index (Phi) is 5.87. The molecule has 0 aromatic carbocycles. The van der Waals surface area contributed by atoms with Gasteiger partial charge in [-0.15, -0.1) is 0 Å². The number of nitrogens with one attached hydrogen (secondary N) is 1. The third kappa shape index (κ3) is 3.85. The topological polar surface area (TPSA) is 88.3 Å². The normalized spacial score (nSPS) is 12.2. The number of nitro groups is 1. The van der Waals surface area contributed by atoms with Gasteiger partial charge in [0.2, 0.25) is 5.82 Å². The van der Waals surface area contributed by atoms with Gasteiger partial charge in [-0.1, -0.05) is 0 Å². The number of nitrogens with zero attached hydrogens (tertiary/aromatic N) is 2. The lowest BCUT2D eigenvalue weighted by Crippen LogP contribution is -2.24. The molecule has 0 aliphatic rings. The molecule has 0 spiro atoms. The molecule has 0 amide bonds. The Bertz CT molecular complexity index is 409. The first-order chi connectivity index (χ1) is 8.60. The molecule has 1 aromatic heterocycles. The Morgan fingerprint density at radius 2 is 2.39 bits per heavy atom. The molecular formula is C11H17N3O3S. The second-order valence-electron chi connectivity index (χ2n) is 3.89. The van der Waals surface area contributed by atoms with Crippen molar-refractivity contribution in [1.82, 2.24) is 4.98 Å². The summed E-state index contributed by atoms with van der Waals surface area (Å²) in [6.45, 7) is 1.72. The number of pyridine rings is 1. The third-order valence-corrected chi connectivity index (χ3v) is 3.23. The first-order valence-corrected chi connectivity index (χ1v) is 6.95. The number of thioether (sulfide) groups is 1. The zero-order valence-electron chi connectivity index (χ0n) is 10.4. The molecule has 0 bridgehead atoms. The van der Waals surface area contributed by atoms with Gasteiger partial charge < -0.3 is 10.4 Å². The number of rotatable bonds is 7. The van der Waals surface area contributed by atoms with Crippen LogP contribution in [0, 0.1) is 17.0 Å². The predicted molar refractivity (Wildman–Crippen MR) is 73.1 cm³/mol. The van der Waals surface area contributed by atoms with E-state index in [1.807, 2.05) is 6.26 Å². The number of aliphatic hydroxyl groups is 1. The molecule has 0 aliphatic carbocycles. The SMILES string of the molecule is CSC[C@H](CCO)Nc1nccc(C)c1[N+](=O)[O-]. The largest absolute Gasteiger partial charge is 0.396 e. The molecule has 0 saturated carbocycles. The summed E-state index contributed by atoms with van der Waals surface area (Å²) >= 11 is 1.62. The van der Waals surface area contributed by atoms with Crippen LogP contribution in [0.15, 0.2) is 12.3 Å². The summed E-state index contributed by atoms with van der Waals surface area (Å²) in [6.07, 6.45) is 4.03. The van der Waals surface area contributed by atoms with Crippen molar-refractivity contribution in [3.05, 3.63) is 27.9 Å². The van der Waals surface area contributed by atoms with Gasteiger partial charge in [-0.2, -0.15) is 11.8 Å². The molecule has 2 N–H and O–H groups in total. The second kappa shape index (κ2) is 7.17. The maximum atomic E-state index is 11.0. The van der Waals surface area contributed by atoms with Crippen molar-refractivity contribution in [1.29, 1.82) is 0 Å². The highest BCUT2D eigenvalue weighted by atomic mass is 32.2. The van der Waals surface area contributed by atoms with Crippen LogP contribution in [-0.4, -0.2) is 39.7 Å². The molecule has 1 aromatic rings. The van der Waals surface area contributed by atoms with Gasteiger partial charge in [0.15, 0.2) is 0 Å².